The first-order chi connectivity index (χ1) is 16.0. The Labute approximate surface area is 195 Å². The Kier molecular flexibility index (Phi) is 7.04. The van der Waals surface area contributed by atoms with Gasteiger partial charge in [-0.3, -0.25) is 0 Å². The van der Waals surface area contributed by atoms with Gasteiger partial charge in [0.05, 0.1) is 12.3 Å². The van der Waals surface area contributed by atoms with Crippen LogP contribution in [0.15, 0.2) is 54.6 Å². The molecular formula is C26H22ClF2NO3. The Morgan fingerprint density at radius 2 is 1.88 bits per heavy atom. The fourth-order valence-electron chi connectivity index (χ4n) is 3.90. The Morgan fingerprint density at radius 1 is 1.06 bits per heavy atom. The van der Waals surface area contributed by atoms with Gasteiger partial charge in [0.1, 0.15) is 29.7 Å². The molecule has 1 heterocycles. The van der Waals surface area contributed by atoms with Gasteiger partial charge in [-0.05, 0) is 79.8 Å². The van der Waals surface area contributed by atoms with Crippen molar-refractivity contribution in [1.29, 1.82) is 0 Å². The summed E-state index contributed by atoms with van der Waals surface area (Å²) in [6, 6.07) is 13.9. The van der Waals surface area contributed by atoms with E-state index in [2.05, 4.69) is 4.98 Å². The molecule has 0 atom stereocenters. The van der Waals surface area contributed by atoms with Crippen LogP contribution >= 0.6 is 11.6 Å². The van der Waals surface area contributed by atoms with Crippen LogP contribution in [-0.2, 0) is 11.3 Å². The normalized spacial score (nSPS) is 13.3. The summed E-state index contributed by atoms with van der Waals surface area (Å²) < 4.78 is 38.3. The van der Waals surface area contributed by atoms with Gasteiger partial charge in [-0.1, -0.05) is 17.7 Å². The summed E-state index contributed by atoms with van der Waals surface area (Å²) in [4.78, 5) is 16.7. The number of nitrogens with zero attached hydrogens (tertiary/aromatic N) is 1. The number of carbonyl (C=O) groups is 1. The van der Waals surface area contributed by atoms with Gasteiger partial charge >= 0.3 is 5.97 Å². The van der Waals surface area contributed by atoms with Gasteiger partial charge in [0.15, 0.2) is 0 Å². The molecule has 0 saturated heterocycles. The number of pyridine rings is 1. The molecule has 0 amide bonds. The fourth-order valence-corrected chi connectivity index (χ4v) is 4.08. The van der Waals surface area contributed by atoms with Crippen molar-refractivity contribution in [2.24, 2.45) is 0 Å². The first-order valence-corrected chi connectivity index (χ1v) is 11.1. The van der Waals surface area contributed by atoms with Gasteiger partial charge in [0.2, 0.25) is 0 Å². The third-order valence-electron chi connectivity index (χ3n) is 5.43. The molecule has 0 spiro atoms. The smallest absolute Gasteiger partial charge is 0.356 e. The van der Waals surface area contributed by atoms with Gasteiger partial charge in [0, 0.05) is 22.2 Å². The van der Waals surface area contributed by atoms with Crippen molar-refractivity contribution < 1.29 is 23.0 Å². The van der Waals surface area contributed by atoms with Crippen molar-refractivity contribution in [2.45, 2.75) is 32.8 Å². The Hall–Kier alpha value is -3.25. The van der Waals surface area contributed by atoms with Crippen LogP contribution < -0.4 is 4.74 Å². The molecule has 7 heteroatoms. The standard InChI is InChI=1S/C26H22ClF2NO3/c1-2-32-26(31)24-8-4-7-23(30-24)20-6-3-5-19(20)21-13-17(27)10-12-25(21)33-15-16-9-11-18(28)14-22(16)29/h4,7-14H,2-3,5-6,15H2,1H3. The van der Waals surface area contributed by atoms with E-state index in [1.807, 2.05) is 12.1 Å². The molecule has 2 aromatic carbocycles. The van der Waals surface area contributed by atoms with E-state index < -0.39 is 17.6 Å². The third-order valence-corrected chi connectivity index (χ3v) is 5.66. The van der Waals surface area contributed by atoms with Gasteiger partial charge in [-0.15, -0.1) is 0 Å². The maximum absolute atomic E-state index is 14.1. The summed E-state index contributed by atoms with van der Waals surface area (Å²) in [7, 11) is 0. The predicted molar refractivity (Wildman–Crippen MR) is 123 cm³/mol. The molecule has 1 aliphatic carbocycles. The maximum atomic E-state index is 14.1. The number of halogens is 3. The first kappa shape index (κ1) is 22.9. The zero-order chi connectivity index (χ0) is 23.4. The molecule has 0 bridgehead atoms. The minimum atomic E-state index is -0.661. The average molecular weight is 470 g/mol. The molecule has 0 unspecified atom stereocenters. The summed E-state index contributed by atoms with van der Waals surface area (Å²) in [5.41, 5.74) is 4.01. The number of aromatic nitrogens is 1. The molecule has 0 aliphatic heterocycles. The number of benzene rings is 2. The molecule has 0 radical (unpaired) electrons. The lowest BCUT2D eigenvalue weighted by atomic mass is 9.99. The first-order valence-electron chi connectivity index (χ1n) is 10.7. The second kappa shape index (κ2) is 10.1. The quantitative estimate of drug-likeness (QED) is 0.354. The summed E-state index contributed by atoms with van der Waals surface area (Å²) in [5.74, 6) is -1.22. The number of rotatable bonds is 7. The topological polar surface area (TPSA) is 48.4 Å². The molecule has 33 heavy (non-hydrogen) atoms. The molecule has 1 aliphatic rings. The predicted octanol–water partition coefficient (Wildman–Crippen LogP) is 6.86. The van der Waals surface area contributed by atoms with Gasteiger partial charge in [-0.2, -0.15) is 0 Å². The van der Waals surface area contributed by atoms with Crippen molar-refractivity contribution in [2.75, 3.05) is 6.61 Å². The van der Waals surface area contributed by atoms with Crippen LogP contribution in [0.1, 0.15) is 53.5 Å². The van der Waals surface area contributed by atoms with Gasteiger partial charge in [-0.25, -0.2) is 18.6 Å². The monoisotopic (exact) mass is 469 g/mol. The lowest BCUT2D eigenvalue weighted by Crippen LogP contribution is -2.08. The highest BCUT2D eigenvalue weighted by molar-refractivity contribution is 6.30. The molecule has 4 rings (SSSR count). The second-order valence-corrected chi connectivity index (χ2v) is 8.04. The summed E-state index contributed by atoms with van der Waals surface area (Å²) in [6.45, 7) is 1.97. The number of hydrogen-bond acceptors (Lipinski definition) is 4. The lowest BCUT2D eigenvalue weighted by Gasteiger charge is -2.15. The summed E-state index contributed by atoms with van der Waals surface area (Å²) >= 11 is 6.29. The van der Waals surface area contributed by atoms with Crippen LogP contribution in [0.5, 0.6) is 5.75 Å². The highest BCUT2D eigenvalue weighted by Crippen LogP contribution is 2.43. The van der Waals surface area contributed by atoms with E-state index in [1.54, 1.807) is 31.2 Å². The molecule has 170 valence electrons. The third kappa shape index (κ3) is 5.22. The zero-order valence-electron chi connectivity index (χ0n) is 18.0. The van der Waals surface area contributed by atoms with E-state index >= 15 is 0 Å². The zero-order valence-corrected chi connectivity index (χ0v) is 18.8. The average Bonchev–Trinajstić information content (AvgIpc) is 3.29. The number of allylic oxidation sites excluding steroid dienone is 2. The Morgan fingerprint density at radius 3 is 2.67 bits per heavy atom. The van der Waals surface area contributed by atoms with Crippen LogP contribution in [0.25, 0.3) is 11.1 Å². The summed E-state index contributed by atoms with van der Waals surface area (Å²) in [6.07, 6.45) is 2.48. The molecule has 1 aromatic heterocycles. The van der Waals surface area contributed by atoms with Crippen molar-refractivity contribution >= 4 is 28.7 Å². The van der Waals surface area contributed by atoms with E-state index in [9.17, 15) is 13.6 Å². The van der Waals surface area contributed by atoms with Crippen molar-refractivity contribution in [1.82, 2.24) is 4.98 Å². The van der Waals surface area contributed by atoms with Crippen LogP contribution in [0, 0.1) is 11.6 Å². The van der Waals surface area contributed by atoms with E-state index in [4.69, 9.17) is 21.1 Å². The largest absolute Gasteiger partial charge is 0.488 e. The highest BCUT2D eigenvalue weighted by atomic mass is 35.5. The number of carbonyl (C=O) groups excluding carboxylic acids is 1. The fraction of sp³-hybridized carbons (Fsp3) is 0.231. The molecule has 0 fully saturated rings. The van der Waals surface area contributed by atoms with Gasteiger partial charge < -0.3 is 9.47 Å². The van der Waals surface area contributed by atoms with Crippen LogP contribution in [-0.4, -0.2) is 17.6 Å². The number of ether oxygens (including phenoxy) is 2. The molecule has 0 saturated carbocycles. The van der Waals surface area contributed by atoms with E-state index in [0.29, 0.717) is 16.5 Å². The van der Waals surface area contributed by atoms with E-state index in [1.165, 1.54) is 12.1 Å². The minimum Gasteiger partial charge on any atom is -0.488 e. The maximum Gasteiger partial charge on any atom is 0.356 e. The second-order valence-electron chi connectivity index (χ2n) is 7.60. The van der Waals surface area contributed by atoms with E-state index in [-0.39, 0.29) is 24.5 Å². The number of esters is 1. The summed E-state index contributed by atoms with van der Waals surface area (Å²) in [5, 5.41) is 0.539. The van der Waals surface area contributed by atoms with Crippen molar-refractivity contribution in [3.05, 3.63) is 93.8 Å². The molecular weight excluding hydrogens is 448 g/mol. The van der Waals surface area contributed by atoms with Crippen molar-refractivity contribution in [3.8, 4) is 5.75 Å². The van der Waals surface area contributed by atoms with Crippen LogP contribution in [0.4, 0.5) is 8.78 Å². The van der Waals surface area contributed by atoms with E-state index in [0.717, 1.165) is 42.0 Å². The Bertz CT molecular complexity index is 1230. The Balaban J connectivity index is 1.69. The minimum absolute atomic E-state index is 0.0556. The van der Waals surface area contributed by atoms with Crippen LogP contribution in [0.3, 0.4) is 0 Å². The molecule has 0 N–H and O–H groups in total. The van der Waals surface area contributed by atoms with Crippen molar-refractivity contribution in [3.63, 3.8) is 0 Å². The van der Waals surface area contributed by atoms with Crippen LogP contribution in [0.2, 0.25) is 5.02 Å². The SMILES string of the molecule is CCOC(=O)c1cccc(C2=C(c3cc(Cl)ccc3OCc3ccc(F)cc3F)CCC2)n1. The highest BCUT2D eigenvalue weighted by Gasteiger charge is 2.23. The molecule has 3 aromatic rings. The number of hydrogen-bond donors (Lipinski definition) is 0. The van der Waals surface area contributed by atoms with Gasteiger partial charge in [0.25, 0.3) is 0 Å². The molecule has 4 nitrogen and oxygen atoms in total. The lowest BCUT2D eigenvalue weighted by molar-refractivity contribution is 0.0519.